The average Bonchev–Trinajstić information content (AvgIpc) is 2.81. The molecule has 1 fully saturated rings. The fraction of sp³-hybridized carbons (Fsp3) is 0.562. The molecule has 4 nitrogen and oxygen atoms in total. The molecule has 1 aromatic heterocycles. The number of methoxy groups -OCH3 is 1. The number of hydrogen-bond donors (Lipinski definition) is 2. The van der Waals surface area contributed by atoms with Crippen LogP contribution in [0.3, 0.4) is 0 Å². The van der Waals surface area contributed by atoms with Crippen molar-refractivity contribution in [2.24, 2.45) is 11.1 Å². The second-order valence-electron chi connectivity index (χ2n) is 5.94. The normalized spacial score (nSPS) is 22.9. The van der Waals surface area contributed by atoms with Gasteiger partial charge in [0.2, 0.25) is 0 Å². The third-order valence-corrected chi connectivity index (χ3v) is 5.36. The van der Waals surface area contributed by atoms with Crippen molar-refractivity contribution in [3.05, 3.63) is 21.4 Å². The highest BCUT2D eigenvalue weighted by atomic mass is 32.1. The van der Waals surface area contributed by atoms with E-state index in [1.165, 1.54) is 11.3 Å². The zero-order valence-electron chi connectivity index (χ0n) is 12.9. The Balaban J connectivity index is 2.05. The summed E-state index contributed by atoms with van der Waals surface area (Å²) in [4.78, 5) is 14.0. The van der Waals surface area contributed by atoms with E-state index in [1.807, 2.05) is 13.0 Å². The van der Waals surface area contributed by atoms with Gasteiger partial charge >= 0.3 is 0 Å². The largest absolute Gasteiger partial charge is 0.381 e. The number of nitrogens with one attached hydrogen (secondary N) is 1. The van der Waals surface area contributed by atoms with Gasteiger partial charge in [-0.3, -0.25) is 4.79 Å². The van der Waals surface area contributed by atoms with Gasteiger partial charge in [-0.05, 0) is 25.0 Å². The smallest absolute Gasteiger partial charge is 0.261 e. The van der Waals surface area contributed by atoms with Crippen LogP contribution in [-0.2, 0) is 4.74 Å². The maximum Gasteiger partial charge on any atom is 0.261 e. The lowest BCUT2D eigenvalue weighted by molar-refractivity contribution is -0.0942. The molecule has 1 amide bonds. The van der Waals surface area contributed by atoms with Crippen LogP contribution in [0.4, 0.5) is 0 Å². The summed E-state index contributed by atoms with van der Waals surface area (Å²) in [6.45, 7) is 6.52. The van der Waals surface area contributed by atoms with Crippen LogP contribution in [0, 0.1) is 24.2 Å². The molecule has 0 saturated heterocycles. The molecule has 2 atom stereocenters. The van der Waals surface area contributed by atoms with E-state index in [9.17, 15) is 4.79 Å². The molecule has 1 aliphatic carbocycles. The Kier molecular flexibility index (Phi) is 4.72. The van der Waals surface area contributed by atoms with Gasteiger partial charge in [-0.2, -0.15) is 0 Å². The Bertz CT molecular complexity index is 595. The van der Waals surface area contributed by atoms with Gasteiger partial charge in [-0.25, -0.2) is 0 Å². The Morgan fingerprint density at radius 3 is 2.90 bits per heavy atom. The van der Waals surface area contributed by atoms with Gasteiger partial charge in [0.25, 0.3) is 5.91 Å². The van der Waals surface area contributed by atoms with Crippen molar-refractivity contribution < 1.29 is 9.53 Å². The second kappa shape index (κ2) is 6.18. The fourth-order valence-corrected chi connectivity index (χ4v) is 3.56. The van der Waals surface area contributed by atoms with Gasteiger partial charge in [-0.15, -0.1) is 11.3 Å². The summed E-state index contributed by atoms with van der Waals surface area (Å²) in [5.74, 6) is 5.80. The second-order valence-corrected chi connectivity index (χ2v) is 6.99. The van der Waals surface area contributed by atoms with Gasteiger partial charge < -0.3 is 15.8 Å². The minimum Gasteiger partial charge on any atom is -0.381 e. The lowest BCUT2D eigenvalue weighted by atomic mass is 9.64. The molecule has 5 heteroatoms. The standard InChI is InChI=1S/C16H22N2O2S/c1-10-8-12(21-11(10)6-5-7-17)15(19)18-13-9-14(20-4)16(13,2)3/h8,13-14H,7,9,17H2,1-4H3,(H,18,19). The Hall–Kier alpha value is -1.35. The topological polar surface area (TPSA) is 64.3 Å². The van der Waals surface area contributed by atoms with Crippen molar-refractivity contribution in [2.75, 3.05) is 13.7 Å². The first-order valence-electron chi connectivity index (χ1n) is 7.03. The molecule has 114 valence electrons. The molecular weight excluding hydrogens is 284 g/mol. The van der Waals surface area contributed by atoms with Crippen molar-refractivity contribution in [1.82, 2.24) is 5.32 Å². The van der Waals surface area contributed by atoms with Gasteiger partial charge in [-0.1, -0.05) is 25.7 Å². The summed E-state index contributed by atoms with van der Waals surface area (Å²) in [6, 6.07) is 2.04. The SMILES string of the molecule is COC1CC(NC(=O)c2cc(C)c(C#CCN)s2)C1(C)C. The monoisotopic (exact) mass is 306 g/mol. The minimum absolute atomic E-state index is 0.0289. The van der Waals surface area contributed by atoms with E-state index >= 15 is 0 Å². The molecule has 1 saturated carbocycles. The quantitative estimate of drug-likeness (QED) is 0.839. The first-order chi connectivity index (χ1) is 9.90. The predicted molar refractivity (Wildman–Crippen MR) is 85.4 cm³/mol. The van der Waals surface area contributed by atoms with Crippen LogP contribution < -0.4 is 11.1 Å². The molecule has 2 rings (SSSR count). The van der Waals surface area contributed by atoms with Crippen molar-refractivity contribution in [1.29, 1.82) is 0 Å². The number of aryl methyl sites for hydroxylation is 1. The molecule has 0 aromatic carbocycles. The van der Waals surface area contributed by atoms with Gasteiger partial charge in [0.05, 0.1) is 22.4 Å². The van der Waals surface area contributed by atoms with E-state index < -0.39 is 0 Å². The van der Waals surface area contributed by atoms with Crippen LogP contribution in [0.15, 0.2) is 6.07 Å². The van der Waals surface area contributed by atoms with Crippen LogP contribution in [0.2, 0.25) is 0 Å². The van der Waals surface area contributed by atoms with Crippen LogP contribution >= 0.6 is 11.3 Å². The number of thiophene rings is 1. The van der Waals surface area contributed by atoms with Crippen LogP contribution in [0.25, 0.3) is 0 Å². The zero-order valence-corrected chi connectivity index (χ0v) is 13.8. The van der Waals surface area contributed by atoms with E-state index in [2.05, 4.69) is 31.0 Å². The Morgan fingerprint density at radius 1 is 1.62 bits per heavy atom. The van der Waals surface area contributed by atoms with Gasteiger partial charge in [0.15, 0.2) is 0 Å². The highest BCUT2D eigenvalue weighted by Gasteiger charge is 2.49. The summed E-state index contributed by atoms with van der Waals surface area (Å²) in [5.41, 5.74) is 6.37. The maximum atomic E-state index is 12.4. The van der Waals surface area contributed by atoms with E-state index in [0.717, 1.165) is 16.9 Å². The molecule has 2 unspecified atom stereocenters. The van der Waals surface area contributed by atoms with E-state index in [1.54, 1.807) is 7.11 Å². The Labute approximate surface area is 130 Å². The van der Waals surface area contributed by atoms with Crippen molar-refractivity contribution in [2.45, 2.75) is 39.3 Å². The van der Waals surface area contributed by atoms with E-state index in [0.29, 0.717) is 11.4 Å². The molecule has 1 aliphatic rings. The third-order valence-electron chi connectivity index (χ3n) is 4.21. The third kappa shape index (κ3) is 3.13. The van der Waals surface area contributed by atoms with Crippen LogP contribution in [-0.4, -0.2) is 31.7 Å². The molecule has 1 aromatic rings. The van der Waals surface area contributed by atoms with Crippen LogP contribution in [0.5, 0.6) is 0 Å². The number of ether oxygens (including phenoxy) is 1. The molecule has 0 spiro atoms. The first-order valence-corrected chi connectivity index (χ1v) is 7.84. The number of carbonyl (C=O) groups is 1. The van der Waals surface area contributed by atoms with Crippen LogP contribution in [0.1, 0.15) is 40.4 Å². The number of amides is 1. The number of carbonyl (C=O) groups excluding carboxylic acids is 1. The van der Waals surface area contributed by atoms with Gasteiger partial charge in [0.1, 0.15) is 0 Å². The average molecular weight is 306 g/mol. The Morgan fingerprint density at radius 2 is 2.33 bits per heavy atom. The van der Waals surface area contributed by atoms with Gasteiger partial charge in [0, 0.05) is 18.6 Å². The predicted octanol–water partition coefficient (Wildman–Crippen LogP) is 1.91. The summed E-state index contributed by atoms with van der Waals surface area (Å²) in [7, 11) is 1.72. The van der Waals surface area contributed by atoms with Crippen molar-refractivity contribution >= 4 is 17.2 Å². The maximum absolute atomic E-state index is 12.4. The minimum atomic E-state index is -0.0310. The molecule has 0 radical (unpaired) electrons. The molecule has 3 N–H and O–H groups in total. The molecule has 1 heterocycles. The highest BCUT2D eigenvalue weighted by molar-refractivity contribution is 7.14. The number of hydrogen-bond acceptors (Lipinski definition) is 4. The molecular formula is C16H22N2O2S. The molecule has 0 bridgehead atoms. The number of rotatable bonds is 3. The lowest BCUT2D eigenvalue weighted by Gasteiger charge is -2.51. The van der Waals surface area contributed by atoms with E-state index in [4.69, 9.17) is 10.5 Å². The number of nitrogens with two attached hydrogens (primary N) is 1. The highest BCUT2D eigenvalue weighted by Crippen LogP contribution is 2.42. The summed E-state index contributed by atoms with van der Waals surface area (Å²) in [5, 5.41) is 3.10. The fourth-order valence-electron chi connectivity index (χ4n) is 2.61. The summed E-state index contributed by atoms with van der Waals surface area (Å²) < 4.78 is 5.41. The first kappa shape index (κ1) is 16.0. The molecule has 21 heavy (non-hydrogen) atoms. The molecule has 0 aliphatic heterocycles. The van der Waals surface area contributed by atoms with Crippen molar-refractivity contribution in [3.63, 3.8) is 0 Å². The zero-order chi connectivity index (χ0) is 15.6. The lowest BCUT2D eigenvalue weighted by Crippen LogP contribution is -2.61. The van der Waals surface area contributed by atoms with E-state index in [-0.39, 0.29) is 23.5 Å². The summed E-state index contributed by atoms with van der Waals surface area (Å²) in [6.07, 6.45) is 1.07. The summed E-state index contributed by atoms with van der Waals surface area (Å²) >= 11 is 1.42. The van der Waals surface area contributed by atoms with Crippen molar-refractivity contribution in [3.8, 4) is 11.8 Å².